The van der Waals surface area contributed by atoms with E-state index in [0.717, 1.165) is 0 Å². The number of nitro groups is 1. The molecule has 7 heteroatoms. The van der Waals surface area contributed by atoms with Gasteiger partial charge in [-0.3, -0.25) is 10.1 Å². The summed E-state index contributed by atoms with van der Waals surface area (Å²) in [4.78, 5) is 13.9. The Bertz CT molecular complexity index is 522. The summed E-state index contributed by atoms with van der Waals surface area (Å²) >= 11 is 5.79. The van der Waals surface area contributed by atoms with Crippen molar-refractivity contribution in [1.82, 2.24) is 14.6 Å². The molecule has 0 fully saturated rings. The molecule has 2 heterocycles. The van der Waals surface area contributed by atoms with Gasteiger partial charge in [-0.15, -0.1) is 0 Å². The lowest BCUT2D eigenvalue weighted by atomic mass is 10.5. The van der Waals surface area contributed by atoms with Crippen molar-refractivity contribution in [2.24, 2.45) is 0 Å². The summed E-state index contributed by atoms with van der Waals surface area (Å²) in [6.07, 6.45) is 1.30. The average molecular weight is 213 g/mol. The summed E-state index contributed by atoms with van der Waals surface area (Å²) in [6, 6.07) is 1.34. The number of nitrogens with zero attached hydrogens (tertiary/aromatic N) is 4. The fourth-order valence-corrected chi connectivity index (χ4v) is 1.42. The lowest BCUT2D eigenvalue weighted by molar-refractivity contribution is -0.384. The summed E-state index contributed by atoms with van der Waals surface area (Å²) < 4.78 is 1.35. The first-order chi connectivity index (χ1) is 6.58. The van der Waals surface area contributed by atoms with Gasteiger partial charge in [0.2, 0.25) is 0 Å². The second-order valence-corrected chi connectivity index (χ2v) is 3.09. The van der Waals surface area contributed by atoms with Crippen molar-refractivity contribution in [3.8, 4) is 0 Å². The monoisotopic (exact) mass is 212 g/mol. The summed E-state index contributed by atoms with van der Waals surface area (Å²) in [5.74, 6) is 0.466. The predicted octanol–water partition coefficient (Wildman–Crippen LogP) is 1.60. The summed E-state index contributed by atoms with van der Waals surface area (Å²) in [5, 5.41) is 14.6. The zero-order chi connectivity index (χ0) is 10.3. The zero-order valence-corrected chi connectivity index (χ0v) is 7.89. The first-order valence-electron chi connectivity index (χ1n) is 3.75. The van der Waals surface area contributed by atoms with E-state index in [4.69, 9.17) is 11.6 Å². The molecule has 0 saturated heterocycles. The summed E-state index contributed by atoms with van der Waals surface area (Å²) in [5.41, 5.74) is 0.385. The molecule has 0 spiro atoms. The quantitative estimate of drug-likeness (QED) is 0.532. The van der Waals surface area contributed by atoms with E-state index in [9.17, 15) is 10.1 Å². The van der Waals surface area contributed by atoms with Crippen LogP contribution in [0.15, 0.2) is 12.3 Å². The normalized spacial score (nSPS) is 10.7. The Hall–Kier alpha value is -1.69. The molecule has 6 nitrogen and oxygen atoms in total. The number of aromatic nitrogens is 3. The van der Waals surface area contributed by atoms with E-state index in [1.54, 1.807) is 6.92 Å². The molecule has 0 amide bonds. The highest BCUT2D eigenvalue weighted by Crippen LogP contribution is 2.21. The molecule has 0 aromatic carbocycles. The molecule has 0 N–H and O–H groups in total. The Balaban J connectivity index is 2.76. The molecule has 0 radical (unpaired) electrons. The van der Waals surface area contributed by atoms with Crippen LogP contribution in [0.3, 0.4) is 0 Å². The van der Waals surface area contributed by atoms with Gasteiger partial charge in [0.25, 0.3) is 5.69 Å². The van der Waals surface area contributed by atoms with Crippen molar-refractivity contribution in [1.29, 1.82) is 0 Å². The Kier molecular flexibility index (Phi) is 1.85. The first kappa shape index (κ1) is 8.89. The fraction of sp³-hybridized carbons (Fsp3) is 0.143. The zero-order valence-electron chi connectivity index (χ0n) is 7.14. The molecular weight excluding hydrogens is 208 g/mol. The second-order valence-electron chi connectivity index (χ2n) is 2.74. The minimum absolute atomic E-state index is 0.0493. The molecule has 0 aliphatic carbocycles. The van der Waals surface area contributed by atoms with E-state index in [1.807, 2.05) is 0 Å². The Labute approximate surface area is 83.3 Å². The van der Waals surface area contributed by atoms with Crippen molar-refractivity contribution in [3.63, 3.8) is 0 Å². The fourth-order valence-electron chi connectivity index (χ4n) is 1.15. The molecular formula is C7H5ClN4O2. The van der Waals surface area contributed by atoms with Gasteiger partial charge in [-0.1, -0.05) is 11.6 Å². The Morgan fingerprint density at radius 3 is 3.00 bits per heavy atom. The van der Waals surface area contributed by atoms with Crippen LogP contribution < -0.4 is 0 Å². The first-order valence-corrected chi connectivity index (χ1v) is 4.12. The van der Waals surface area contributed by atoms with Crippen LogP contribution >= 0.6 is 11.6 Å². The van der Waals surface area contributed by atoms with Crippen LogP contribution in [0.2, 0.25) is 5.15 Å². The molecule has 14 heavy (non-hydrogen) atoms. The van der Waals surface area contributed by atoms with Crippen molar-refractivity contribution in [3.05, 3.63) is 33.4 Å². The van der Waals surface area contributed by atoms with E-state index in [2.05, 4.69) is 10.1 Å². The van der Waals surface area contributed by atoms with Crippen LogP contribution in [0.25, 0.3) is 5.52 Å². The van der Waals surface area contributed by atoms with E-state index < -0.39 is 4.92 Å². The number of hydrogen-bond acceptors (Lipinski definition) is 4. The third kappa shape index (κ3) is 1.29. The maximum absolute atomic E-state index is 10.5. The number of hydrogen-bond donors (Lipinski definition) is 0. The van der Waals surface area contributed by atoms with E-state index >= 15 is 0 Å². The van der Waals surface area contributed by atoms with Crippen LogP contribution in [0.4, 0.5) is 5.69 Å². The number of rotatable bonds is 1. The minimum atomic E-state index is -0.500. The Morgan fingerprint density at radius 2 is 2.36 bits per heavy atom. The third-order valence-electron chi connectivity index (χ3n) is 1.72. The maximum atomic E-state index is 10.5. The van der Waals surface area contributed by atoms with Crippen LogP contribution in [0, 0.1) is 17.0 Å². The molecule has 2 aromatic rings. The molecule has 0 aliphatic rings. The highest BCUT2D eigenvalue weighted by atomic mass is 35.5. The van der Waals surface area contributed by atoms with Crippen LogP contribution in [0.1, 0.15) is 5.82 Å². The van der Waals surface area contributed by atoms with Gasteiger partial charge in [-0.2, -0.15) is 5.10 Å². The van der Waals surface area contributed by atoms with Gasteiger partial charge in [0, 0.05) is 6.07 Å². The Morgan fingerprint density at radius 1 is 1.64 bits per heavy atom. The van der Waals surface area contributed by atoms with Crippen molar-refractivity contribution >= 4 is 22.8 Å². The summed E-state index contributed by atoms with van der Waals surface area (Å²) in [6.45, 7) is 1.66. The lowest BCUT2D eigenvalue weighted by Gasteiger charge is -1.95. The van der Waals surface area contributed by atoms with E-state index in [-0.39, 0.29) is 10.8 Å². The predicted molar refractivity (Wildman–Crippen MR) is 49.4 cm³/mol. The van der Waals surface area contributed by atoms with Gasteiger partial charge in [-0.05, 0) is 6.92 Å². The smallest absolute Gasteiger partial charge is 0.258 e. The highest BCUT2D eigenvalue weighted by Gasteiger charge is 2.13. The van der Waals surface area contributed by atoms with Crippen molar-refractivity contribution in [2.45, 2.75) is 6.92 Å². The van der Waals surface area contributed by atoms with Crippen molar-refractivity contribution < 1.29 is 4.92 Å². The third-order valence-corrected chi connectivity index (χ3v) is 2.00. The van der Waals surface area contributed by atoms with Gasteiger partial charge in [0.1, 0.15) is 17.5 Å². The van der Waals surface area contributed by atoms with Crippen molar-refractivity contribution in [2.75, 3.05) is 0 Å². The molecule has 2 aromatic heterocycles. The lowest BCUT2D eigenvalue weighted by Crippen LogP contribution is -1.96. The second kappa shape index (κ2) is 2.91. The van der Waals surface area contributed by atoms with Gasteiger partial charge < -0.3 is 0 Å². The highest BCUT2D eigenvalue weighted by molar-refractivity contribution is 6.32. The van der Waals surface area contributed by atoms with E-state index in [0.29, 0.717) is 11.3 Å². The van der Waals surface area contributed by atoms with Crippen LogP contribution in [0.5, 0.6) is 0 Å². The summed E-state index contributed by atoms with van der Waals surface area (Å²) in [7, 11) is 0. The number of halogens is 1. The van der Waals surface area contributed by atoms with Gasteiger partial charge in [0.15, 0.2) is 5.15 Å². The molecule has 0 saturated carbocycles. The van der Waals surface area contributed by atoms with Crippen LogP contribution in [-0.4, -0.2) is 19.5 Å². The number of fused-ring (bicyclic) bond motifs is 1. The molecule has 0 bridgehead atoms. The maximum Gasteiger partial charge on any atom is 0.289 e. The topological polar surface area (TPSA) is 73.3 Å². The molecule has 0 aliphatic heterocycles. The largest absolute Gasteiger partial charge is 0.289 e. The number of aryl methyl sites for hydroxylation is 1. The van der Waals surface area contributed by atoms with Gasteiger partial charge >= 0.3 is 0 Å². The molecule has 2 rings (SSSR count). The molecule has 72 valence electrons. The van der Waals surface area contributed by atoms with Gasteiger partial charge in [-0.25, -0.2) is 9.50 Å². The SMILES string of the molecule is Cc1nc(Cl)c2cc([N+](=O)[O-])cn2n1. The average Bonchev–Trinajstić information content (AvgIpc) is 2.47. The van der Waals surface area contributed by atoms with Crippen LogP contribution in [-0.2, 0) is 0 Å². The standard InChI is InChI=1S/C7H5ClN4O2/c1-4-9-7(8)6-2-5(12(13)14)3-11(6)10-4/h2-3H,1H3. The van der Waals surface area contributed by atoms with Gasteiger partial charge in [0.05, 0.1) is 4.92 Å². The minimum Gasteiger partial charge on any atom is -0.258 e. The van der Waals surface area contributed by atoms with E-state index in [1.165, 1.54) is 16.8 Å². The molecule has 0 unspecified atom stereocenters. The molecule has 0 atom stereocenters.